The molecule has 2 unspecified atom stereocenters. The van der Waals surface area contributed by atoms with Crippen LogP contribution in [0, 0.1) is 11.3 Å². The molecule has 1 aromatic carbocycles. The molecule has 0 aromatic heterocycles. The highest BCUT2D eigenvalue weighted by Gasteiger charge is 2.44. The van der Waals surface area contributed by atoms with Crippen molar-refractivity contribution < 1.29 is 5.11 Å². The molecule has 2 rings (SSSR count). The summed E-state index contributed by atoms with van der Waals surface area (Å²) >= 11 is 12.2. The lowest BCUT2D eigenvalue weighted by atomic mass is 9.62. The van der Waals surface area contributed by atoms with Gasteiger partial charge in [-0.2, -0.15) is 0 Å². The first-order valence-electron chi connectivity index (χ1n) is 7.39. The topological polar surface area (TPSA) is 20.2 Å². The van der Waals surface area contributed by atoms with Gasteiger partial charge in [0.1, 0.15) is 0 Å². The summed E-state index contributed by atoms with van der Waals surface area (Å²) in [6.45, 7) is 6.66. The van der Waals surface area contributed by atoms with Crippen molar-refractivity contribution in [1.29, 1.82) is 0 Å². The molecule has 1 nitrogen and oxygen atoms in total. The maximum atomic E-state index is 11.2. The quantitative estimate of drug-likeness (QED) is 0.763. The van der Waals surface area contributed by atoms with Gasteiger partial charge in [-0.25, -0.2) is 0 Å². The molecule has 1 saturated carbocycles. The third-order valence-electron chi connectivity index (χ3n) is 4.56. The van der Waals surface area contributed by atoms with Crippen molar-refractivity contribution >= 4 is 23.2 Å². The van der Waals surface area contributed by atoms with Crippen molar-refractivity contribution in [3.05, 3.63) is 33.8 Å². The van der Waals surface area contributed by atoms with E-state index >= 15 is 0 Å². The summed E-state index contributed by atoms with van der Waals surface area (Å²) < 4.78 is 0. The highest BCUT2D eigenvalue weighted by molar-refractivity contribution is 6.35. The van der Waals surface area contributed by atoms with Gasteiger partial charge in [0.2, 0.25) is 0 Å². The number of hydrogen-bond acceptors (Lipinski definition) is 1. The van der Waals surface area contributed by atoms with E-state index in [0.717, 1.165) is 24.8 Å². The van der Waals surface area contributed by atoms with E-state index in [1.54, 1.807) is 6.07 Å². The zero-order valence-corrected chi connectivity index (χ0v) is 14.1. The summed E-state index contributed by atoms with van der Waals surface area (Å²) in [5.74, 6) is 0.301. The molecule has 1 aliphatic carbocycles. The second kappa shape index (κ2) is 5.87. The summed E-state index contributed by atoms with van der Waals surface area (Å²) in [7, 11) is 0. The molecule has 1 fully saturated rings. The van der Waals surface area contributed by atoms with Crippen molar-refractivity contribution in [3.63, 3.8) is 0 Å². The molecule has 112 valence electrons. The zero-order chi connectivity index (χ0) is 15.0. The first-order chi connectivity index (χ1) is 9.22. The molecule has 1 aromatic rings. The van der Waals surface area contributed by atoms with Crippen LogP contribution in [0.5, 0.6) is 0 Å². The summed E-state index contributed by atoms with van der Waals surface area (Å²) in [4.78, 5) is 0. The largest absolute Gasteiger partial charge is 0.389 e. The highest BCUT2D eigenvalue weighted by atomic mass is 35.5. The SMILES string of the molecule is CC(C)(C)C1CCCCC1(O)Cc1ccc(Cl)cc1Cl. The van der Waals surface area contributed by atoms with Crippen molar-refractivity contribution in [2.24, 2.45) is 11.3 Å². The van der Waals surface area contributed by atoms with Gasteiger partial charge in [-0.05, 0) is 41.9 Å². The second-order valence-electron chi connectivity index (χ2n) is 7.18. The van der Waals surface area contributed by atoms with Gasteiger partial charge in [-0.1, -0.05) is 62.9 Å². The van der Waals surface area contributed by atoms with Crippen molar-refractivity contribution in [2.45, 2.75) is 58.5 Å². The van der Waals surface area contributed by atoms with E-state index in [2.05, 4.69) is 20.8 Å². The van der Waals surface area contributed by atoms with Gasteiger partial charge in [0.05, 0.1) is 5.60 Å². The fourth-order valence-electron chi connectivity index (χ4n) is 3.67. The third kappa shape index (κ3) is 3.50. The van der Waals surface area contributed by atoms with E-state index in [4.69, 9.17) is 23.2 Å². The molecule has 0 radical (unpaired) electrons. The Kier molecular flexibility index (Phi) is 4.73. The molecule has 1 N–H and O–H groups in total. The molecule has 0 saturated heterocycles. The van der Waals surface area contributed by atoms with Gasteiger partial charge in [-0.15, -0.1) is 0 Å². The molecule has 0 heterocycles. The Bertz CT molecular complexity index is 478. The minimum atomic E-state index is -0.659. The Hall–Kier alpha value is -0.240. The predicted molar refractivity (Wildman–Crippen MR) is 86.5 cm³/mol. The number of hydrogen-bond donors (Lipinski definition) is 1. The molecule has 20 heavy (non-hydrogen) atoms. The predicted octanol–water partition coefficient (Wildman–Crippen LogP) is 5.50. The molecular weight excluding hydrogens is 291 g/mol. The van der Waals surface area contributed by atoms with Crippen molar-refractivity contribution in [2.75, 3.05) is 0 Å². The van der Waals surface area contributed by atoms with Gasteiger partial charge in [0, 0.05) is 16.5 Å². The lowest BCUT2D eigenvalue weighted by Gasteiger charge is -2.47. The maximum Gasteiger partial charge on any atom is 0.0721 e. The normalized spacial score (nSPS) is 27.6. The average Bonchev–Trinajstić information content (AvgIpc) is 2.32. The molecule has 0 aliphatic heterocycles. The van der Waals surface area contributed by atoms with Crippen molar-refractivity contribution in [3.8, 4) is 0 Å². The van der Waals surface area contributed by atoms with Gasteiger partial charge < -0.3 is 5.11 Å². The molecule has 0 spiro atoms. The summed E-state index contributed by atoms with van der Waals surface area (Å²) in [5.41, 5.74) is 0.442. The molecule has 3 heteroatoms. The first kappa shape index (κ1) is 16.1. The van der Waals surface area contributed by atoms with Crippen LogP contribution < -0.4 is 0 Å². The fourth-order valence-corrected chi connectivity index (χ4v) is 4.14. The molecule has 1 aliphatic rings. The minimum Gasteiger partial charge on any atom is -0.389 e. The Morgan fingerprint density at radius 3 is 2.55 bits per heavy atom. The summed E-state index contributed by atoms with van der Waals surface area (Å²) in [6.07, 6.45) is 4.86. The second-order valence-corrected chi connectivity index (χ2v) is 8.02. The van der Waals surface area contributed by atoms with Crippen LogP contribution in [0.15, 0.2) is 18.2 Å². The Morgan fingerprint density at radius 1 is 1.25 bits per heavy atom. The number of aliphatic hydroxyl groups is 1. The van der Waals surface area contributed by atoms with Crippen LogP contribution in [-0.4, -0.2) is 10.7 Å². The van der Waals surface area contributed by atoms with Gasteiger partial charge in [-0.3, -0.25) is 0 Å². The van der Waals surface area contributed by atoms with E-state index in [1.165, 1.54) is 6.42 Å². The number of halogens is 2. The number of rotatable bonds is 2. The van der Waals surface area contributed by atoms with Crippen molar-refractivity contribution in [1.82, 2.24) is 0 Å². The standard InChI is InChI=1S/C17H24Cl2O/c1-16(2,3)15-6-4-5-9-17(15,20)11-12-7-8-13(18)10-14(12)19/h7-8,10,15,20H,4-6,9,11H2,1-3H3. The average molecular weight is 315 g/mol. The maximum absolute atomic E-state index is 11.2. The monoisotopic (exact) mass is 314 g/mol. The van der Waals surface area contributed by atoms with E-state index in [-0.39, 0.29) is 5.41 Å². The third-order valence-corrected chi connectivity index (χ3v) is 5.15. The molecule has 0 bridgehead atoms. The van der Waals surface area contributed by atoms with Crippen LogP contribution in [0.2, 0.25) is 10.0 Å². The Morgan fingerprint density at radius 2 is 1.95 bits per heavy atom. The van der Waals surface area contributed by atoms with E-state index in [0.29, 0.717) is 22.4 Å². The lowest BCUT2D eigenvalue weighted by Crippen LogP contribution is -2.48. The Balaban J connectivity index is 2.28. The van der Waals surface area contributed by atoms with Crippen LogP contribution in [0.3, 0.4) is 0 Å². The lowest BCUT2D eigenvalue weighted by molar-refractivity contribution is -0.0889. The molecule has 0 amide bonds. The van der Waals surface area contributed by atoms with Crippen LogP contribution in [-0.2, 0) is 6.42 Å². The fraction of sp³-hybridized carbons (Fsp3) is 0.647. The van der Waals surface area contributed by atoms with E-state index in [1.807, 2.05) is 12.1 Å². The highest BCUT2D eigenvalue weighted by Crippen LogP contribution is 2.46. The van der Waals surface area contributed by atoms with Gasteiger partial charge >= 0.3 is 0 Å². The van der Waals surface area contributed by atoms with Crippen LogP contribution in [0.1, 0.15) is 52.0 Å². The molecular formula is C17H24Cl2O. The molecule has 2 atom stereocenters. The van der Waals surface area contributed by atoms with E-state index in [9.17, 15) is 5.11 Å². The summed E-state index contributed by atoms with van der Waals surface area (Å²) in [6, 6.07) is 5.55. The minimum absolute atomic E-state index is 0.105. The van der Waals surface area contributed by atoms with Crippen LogP contribution in [0.25, 0.3) is 0 Å². The zero-order valence-electron chi connectivity index (χ0n) is 12.5. The first-order valence-corrected chi connectivity index (χ1v) is 8.14. The van der Waals surface area contributed by atoms with Crippen LogP contribution in [0.4, 0.5) is 0 Å². The summed E-state index contributed by atoms with van der Waals surface area (Å²) in [5, 5.41) is 12.5. The van der Waals surface area contributed by atoms with Gasteiger partial charge in [0.15, 0.2) is 0 Å². The smallest absolute Gasteiger partial charge is 0.0721 e. The Labute approximate surface area is 132 Å². The van der Waals surface area contributed by atoms with Crippen LogP contribution >= 0.6 is 23.2 Å². The van der Waals surface area contributed by atoms with Gasteiger partial charge in [0.25, 0.3) is 0 Å². The van der Waals surface area contributed by atoms with E-state index < -0.39 is 5.60 Å². The number of benzene rings is 1.